The van der Waals surface area contributed by atoms with Crippen LogP contribution in [0, 0.1) is 11.8 Å². The Morgan fingerprint density at radius 2 is 1.14 bits per heavy atom. The number of rotatable bonds is 8. The van der Waals surface area contributed by atoms with Crippen LogP contribution in [0.4, 0.5) is 0 Å². The Hall–Kier alpha value is -5.87. The van der Waals surface area contributed by atoms with Gasteiger partial charge in [-0.2, -0.15) is 0 Å². The molecule has 0 saturated carbocycles. The Kier molecular flexibility index (Phi) is 7.58. The highest BCUT2D eigenvalue weighted by molar-refractivity contribution is 6.10. The highest BCUT2D eigenvalue weighted by Gasteiger charge is 2.28. The lowest BCUT2D eigenvalue weighted by Crippen LogP contribution is -2.23. The molecule has 1 aliphatic carbocycles. The first-order valence-corrected chi connectivity index (χ1v) is 17.7. The molecule has 0 bridgehead atoms. The van der Waals surface area contributed by atoms with Crippen LogP contribution >= 0.6 is 0 Å². The maximum absolute atomic E-state index is 13.0. The number of esters is 1. The molecule has 6 aromatic carbocycles. The lowest BCUT2D eigenvalue weighted by Gasteiger charge is -2.19. The first-order valence-electron chi connectivity index (χ1n) is 17.7. The molecule has 0 fully saturated rings. The van der Waals surface area contributed by atoms with Gasteiger partial charge < -0.3 is 13.9 Å². The van der Waals surface area contributed by atoms with Gasteiger partial charge in [0.05, 0.1) is 28.0 Å². The zero-order valence-electron chi connectivity index (χ0n) is 28.1. The molecular weight excluding hydrogens is 613 g/mol. The van der Waals surface area contributed by atoms with Crippen molar-refractivity contribution in [3.05, 3.63) is 157 Å². The number of benzene rings is 6. The van der Waals surface area contributed by atoms with Crippen LogP contribution in [0.15, 0.2) is 152 Å². The van der Waals surface area contributed by atoms with Crippen molar-refractivity contribution in [2.45, 2.75) is 32.8 Å². The Morgan fingerprint density at radius 3 is 1.64 bits per heavy atom. The average molecular weight is 651 g/mol. The van der Waals surface area contributed by atoms with Crippen molar-refractivity contribution in [3.8, 4) is 22.5 Å². The molecule has 0 radical (unpaired) electrons. The van der Waals surface area contributed by atoms with E-state index in [-0.39, 0.29) is 18.5 Å². The van der Waals surface area contributed by atoms with Crippen LogP contribution in [-0.4, -0.2) is 15.1 Å². The maximum atomic E-state index is 13.0. The fourth-order valence-electron chi connectivity index (χ4n) is 8.09. The van der Waals surface area contributed by atoms with Crippen molar-refractivity contribution < 1.29 is 9.53 Å². The van der Waals surface area contributed by atoms with Crippen LogP contribution in [0.1, 0.15) is 31.7 Å². The molecule has 2 heterocycles. The molecule has 9 rings (SSSR count). The average Bonchev–Trinajstić information content (AvgIpc) is 3.90. The number of hydrogen-bond donors (Lipinski definition) is 0. The van der Waals surface area contributed by atoms with E-state index in [9.17, 15) is 4.79 Å². The van der Waals surface area contributed by atoms with Crippen molar-refractivity contribution in [1.82, 2.24) is 9.13 Å². The van der Waals surface area contributed by atoms with Crippen LogP contribution in [0.3, 0.4) is 0 Å². The molecule has 0 saturated heterocycles. The smallest absolute Gasteiger partial charge is 0.309 e. The second-order valence-electron chi connectivity index (χ2n) is 13.5. The SMILES string of the molecule is CCC(C(=O)OCc1ccc2c(c1)c1ccccc1n2-c1ccc(-c2ccc(-n3c4ccccc4c4ccccc43)cc2)cc1)C1C=CCC1. The zero-order chi connectivity index (χ0) is 33.6. The predicted molar refractivity (Wildman–Crippen MR) is 206 cm³/mol. The molecular formula is C46H38N2O2. The second-order valence-corrected chi connectivity index (χ2v) is 13.5. The summed E-state index contributed by atoms with van der Waals surface area (Å²) in [5.74, 6) is 0.137. The number of fused-ring (bicyclic) bond motifs is 6. The molecule has 2 unspecified atom stereocenters. The minimum Gasteiger partial charge on any atom is -0.461 e. The molecule has 244 valence electrons. The lowest BCUT2D eigenvalue weighted by molar-refractivity contribution is -0.151. The molecule has 50 heavy (non-hydrogen) atoms. The molecule has 0 spiro atoms. The molecule has 2 aromatic heterocycles. The summed E-state index contributed by atoms with van der Waals surface area (Å²) in [5.41, 5.74) is 10.3. The summed E-state index contributed by atoms with van der Waals surface area (Å²) in [7, 11) is 0. The Morgan fingerprint density at radius 1 is 0.640 bits per heavy atom. The van der Waals surface area contributed by atoms with Crippen molar-refractivity contribution in [2.75, 3.05) is 0 Å². The van der Waals surface area contributed by atoms with Crippen molar-refractivity contribution in [3.63, 3.8) is 0 Å². The fourth-order valence-corrected chi connectivity index (χ4v) is 8.09. The number of aromatic nitrogens is 2. The van der Waals surface area contributed by atoms with E-state index in [2.05, 4.69) is 168 Å². The summed E-state index contributed by atoms with van der Waals surface area (Å²) in [5, 5.41) is 4.88. The minimum atomic E-state index is -0.0898. The summed E-state index contributed by atoms with van der Waals surface area (Å²) >= 11 is 0. The summed E-state index contributed by atoms with van der Waals surface area (Å²) < 4.78 is 10.6. The minimum absolute atomic E-state index is 0.0691. The van der Waals surface area contributed by atoms with Gasteiger partial charge in [-0.15, -0.1) is 0 Å². The van der Waals surface area contributed by atoms with Gasteiger partial charge in [0.2, 0.25) is 0 Å². The molecule has 1 aliphatic rings. The standard InChI is InChI=1S/C46H38N2O2/c1-2-37(34-11-3-4-12-34)46(49)50-30-31-19-28-45-41(29-31)40-15-7-10-18-44(40)48(45)36-26-22-33(23-27-36)32-20-24-35(25-21-32)47-42-16-8-5-13-38(42)39-14-6-9-17-43(39)47/h3,5-11,13-29,34,37H,2,4,12,30H2,1H3. The Balaban J connectivity index is 1.00. The third-order valence-electron chi connectivity index (χ3n) is 10.6. The summed E-state index contributed by atoms with van der Waals surface area (Å²) in [6, 6.07) is 49.9. The van der Waals surface area contributed by atoms with Crippen LogP contribution in [0.2, 0.25) is 0 Å². The van der Waals surface area contributed by atoms with E-state index in [1.54, 1.807) is 0 Å². The number of hydrogen-bond acceptors (Lipinski definition) is 2. The topological polar surface area (TPSA) is 36.2 Å². The lowest BCUT2D eigenvalue weighted by atomic mass is 9.90. The molecule has 0 aliphatic heterocycles. The number of para-hydroxylation sites is 3. The predicted octanol–water partition coefficient (Wildman–Crippen LogP) is 11.6. The third-order valence-corrected chi connectivity index (χ3v) is 10.6. The van der Waals surface area contributed by atoms with E-state index in [0.29, 0.717) is 5.92 Å². The number of carbonyl (C=O) groups excluding carboxylic acids is 1. The van der Waals surface area contributed by atoms with E-state index in [1.165, 1.54) is 38.3 Å². The van der Waals surface area contributed by atoms with Crippen molar-refractivity contribution in [1.29, 1.82) is 0 Å². The van der Waals surface area contributed by atoms with E-state index in [1.807, 2.05) is 0 Å². The first kappa shape index (κ1) is 30.2. The molecule has 0 N–H and O–H groups in total. The number of carbonyl (C=O) groups is 1. The van der Waals surface area contributed by atoms with Gasteiger partial charge in [0.1, 0.15) is 6.61 Å². The normalized spacial score (nSPS) is 15.0. The second kappa shape index (κ2) is 12.5. The highest BCUT2D eigenvalue weighted by atomic mass is 16.5. The van der Waals surface area contributed by atoms with E-state index in [0.717, 1.165) is 52.6 Å². The fraction of sp³-hybridized carbons (Fsp3) is 0.152. The van der Waals surface area contributed by atoms with Gasteiger partial charge in [0, 0.05) is 32.9 Å². The molecule has 8 aromatic rings. The van der Waals surface area contributed by atoms with Gasteiger partial charge in [-0.1, -0.05) is 104 Å². The summed E-state index contributed by atoms with van der Waals surface area (Å²) in [4.78, 5) is 13.0. The van der Waals surface area contributed by atoms with Crippen LogP contribution in [-0.2, 0) is 16.1 Å². The van der Waals surface area contributed by atoms with Gasteiger partial charge in [-0.3, -0.25) is 4.79 Å². The number of allylic oxidation sites excluding steroid dienone is 2. The van der Waals surface area contributed by atoms with Gasteiger partial charge in [-0.05, 0) is 96.5 Å². The van der Waals surface area contributed by atoms with Crippen LogP contribution in [0.25, 0.3) is 66.1 Å². The van der Waals surface area contributed by atoms with Crippen LogP contribution < -0.4 is 0 Å². The van der Waals surface area contributed by atoms with Crippen molar-refractivity contribution in [2.24, 2.45) is 11.8 Å². The van der Waals surface area contributed by atoms with Crippen LogP contribution in [0.5, 0.6) is 0 Å². The largest absolute Gasteiger partial charge is 0.461 e. The van der Waals surface area contributed by atoms with E-state index < -0.39 is 0 Å². The molecule has 2 atom stereocenters. The first-order chi connectivity index (χ1) is 24.7. The van der Waals surface area contributed by atoms with E-state index >= 15 is 0 Å². The third kappa shape index (κ3) is 5.11. The molecule has 0 amide bonds. The summed E-state index contributed by atoms with van der Waals surface area (Å²) in [6.45, 7) is 2.36. The van der Waals surface area contributed by atoms with Gasteiger partial charge >= 0.3 is 5.97 Å². The van der Waals surface area contributed by atoms with Gasteiger partial charge in [0.25, 0.3) is 0 Å². The Labute approximate surface area is 291 Å². The van der Waals surface area contributed by atoms with Gasteiger partial charge in [-0.25, -0.2) is 0 Å². The molecule has 4 nitrogen and oxygen atoms in total. The quantitative estimate of drug-likeness (QED) is 0.121. The van der Waals surface area contributed by atoms with E-state index in [4.69, 9.17) is 4.74 Å². The Bertz CT molecular complexity index is 2500. The molecule has 4 heteroatoms. The van der Waals surface area contributed by atoms with Gasteiger partial charge in [0.15, 0.2) is 0 Å². The highest BCUT2D eigenvalue weighted by Crippen LogP contribution is 2.36. The monoisotopic (exact) mass is 650 g/mol. The summed E-state index contributed by atoms with van der Waals surface area (Å²) in [6.07, 6.45) is 7.26. The number of ether oxygens (including phenoxy) is 1. The van der Waals surface area contributed by atoms with Crippen molar-refractivity contribution >= 4 is 49.6 Å². The maximum Gasteiger partial charge on any atom is 0.309 e. The zero-order valence-corrected chi connectivity index (χ0v) is 28.1. The number of nitrogens with zero attached hydrogens (tertiary/aromatic N) is 2.